The minimum Gasteiger partial charge on any atom is -0.489 e. The largest absolute Gasteiger partial charge is 0.489 e. The number of piperidine rings is 1. The van der Waals surface area contributed by atoms with Gasteiger partial charge in [-0.1, -0.05) is 49.6 Å². The number of likely N-dealkylation sites (N-methyl/N-ethyl adjacent to an activating group) is 1. The number of aliphatic hydroxyl groups is 1. The van der Waals surface area contributed by atoms with E-state index in [1.54, 1.807) is 179 Å². The van der Waals surface area contributed by atoms with Gasteiger partial charge in [0.2, 0.25) is 23.6 Å². The van der Waals surface area contributed by atoms with Crippen LogP contribution >= 0.6 is 0 Å². The predicted molar refractivity (Wildman–Crippen MR) is 486 cm³/mol. The summed E-state index contributed by atoms with van der Waals surface area (Å²) in [6.45, 7) is 9.38. The van der Waals surface area contributed by atoms with Crippen LogP contribution in [0, 0.1) is 22.7 Å². The molecular formula is C100H104N14O22. The van der Waals surface area contributed by atoms with E-state index in [1.165, 1.54) is 4.90 Å². The van der Waals surface area contributed by atoms with Gasteiger partial charge in [0.1, 0.15) is 63.6 Å². The predicted octanol–water partition coefficient (Wildman–Crippen LogP) is 9.96. The van der Waals surface area contributed by atoms with Crippen molar-refractivity contribution in [3.05, 3.63) is 261 Å². The first-order valence-corrected chi connectivity index (χ1v) is 44.7. The zero-order valence-electron chi connectivity index (χ0n) is 75.3. The Bertz CT molecular complexity index is 6060. The monoisotopic (exact) mass is 1850 g/mol. The molecule has 8 aliphatic heterocycles. The molecule has 0 radical (unpaired) electrons. The van der Waals surface area contributed by atoms with E-state index in [2.05, 4.69) is 37.1 Å². The summed E-state index contributed by atoms with van der Waals surface area (Å²) >= 11 is 0. The molecule has 7 N–H and O–H groups in total. The minimum absolute atomic E-state index is 0.0184. The number of benzene rings is 5. The second-order valence-corrected chi connectivity index (χ2v) is 33.4. The molecule has 36 heteroatoms. The molecule has 7 amide bonds. The van der Waals surface area contributed by atoms with Crippen molar-refractivity contribution in [3.8, 4) is 75.4 Å². The number of para-hydroxylation sites is 5. The molecule has 4 fully saturated rings. The molecule has 5 unspecified atom stereocenters. The fourth-order valence-corrected chi connectivity index (χ4v) is 16.5. The maximum Gasteiger partial charge on any atom is 0.252 e. The fourth-order valence-electron chi connectivity index (χ4n) is 16.5. The standard InChI is InChI=1S/C21H23N3O5.C20H21N3O5.C20H19N3O4.C20H22N2O4.C19H19N3O4/c1-13(25)24-7-5-15(6-8-24)28-16-9-14(10-23-11-16)19-12-27-20-17(21(22)26)3-2-4-18(20)29-19;21-20(25)15-2-1-3-16-19(15)27-12-17(28-16)14-8-13(10-22-11-14)9-18(24)23-4-6-26-7-5-23;21-10-15-2-1-3-17-20(15)26-13-18(27-17)16-8-14(11-22-12-16)9-19(24)23-4-6-25-7-5-23;21-19(23)15-5-4-6-16-18(15)25-12-17(26-16)13-9-14(11-22-10-13)20(24)7-2-1-3-8-20;1-22(2)18(23)12-24-10-13-6-15(9-21-8-13)17-11-25-19-14(7-20)4-3-5-16(19)26-17/h2-4,9-11,15,19H,5-8,12H2,1H3,(H2,22,26);1-3,8,10-11,17H,4-7,9,12H2,(H2,21,25);1-3,8,11-12,18H,4-7,9,13H2;4-6,9-11,17,24H,1-3,7-8,12H2,(H2,21,23);3-6,8-9,17H,10-12H2,1-2H3. The van der Waals surface area contributed by atoms with Crippen molar-refractivity contribution in [3.63, 3.8) is 0 Å². The second kappa shape index (κ2) is 45.0. The first-order chi connectivity index (χ1) is 66.0. The van der Waals surface area contributed by atoms with Crippen LogP contribution in [0.25, 0.3) is 0 Å². The summed E-state index contributed by atoms with van der Waals surface area (Å²) in [5, 5.41) is 29.3. The van der Waals surface area contributed by atoms with Crippen molar-refractivity contribution in [1.29, 1.82) is 10.5 Å². The van der Waals surface area contributed by atoms with Crippen molar-refractivity contribution >= 4 is 41.4 Å². The summed E-state index contributed by atoms with van der Waals surface area (Å²) < 4.78 is 80.9. The number of rotatable bonds is 19. The Morgan fingerprint density at radius 2 is 0.809 bits per heavy atom. The number of hydrogen-bond acceptors (Lipinski definition) is 29. The molecule has 5 atom stereocenters. The number of amides is 7. The van der Waals surface area contributed by atoms with E-state index in [9.17, 15) is 38.7 Å². The average Bonchev–Trinajstić information content (AvgIpc) is 0.621. The lowest BCUT2D eigenvalue weighted by Crippen LogP contribution is -2.41. The van der Waals surface area contributed by atoms with Gasteiger partial charge in [-0.25, -0.2) is 0 Å². The van der Waals surface area contributed by atoms with Crippen LogP contribution in [0.3, 0.4) is 0 Å². The highest BCUT2D eigenvalue weighted by atomic mass is 16.6. The van der Waals surface area contributed by atoms with Gasteiger partial charge in [-0.2, -0.15) is 10.5 Å². The molecule has 5 aromatic carbocycles. The van der Waals surface area contributed by atoms with Crippen LogP contribution in [0.1, 0.15) is 175 Å². The van der Waals surface area contributed by atoms with Crippen LogP contribution in [0.2, 0.25) is 0 Å². The number of carbonyl (C=O) groups is 7. The van der Waals surface area contributed by atoms with Crippen LogP contribution in [0.4, 0.5) is 0 Å². The lowest BCUT2D eigenvalue weighted by molar-refractivity contribution is -0.135. The third-order valence-electron chi connectivity index (χ3n) is 23.8. The minimum atomic E-state index is -0.812. The van der Waals surface area contributed by atoms with E-state index in [0.717, 1.165) is 95.0 Å². The zero-order valence-corrected chi connectivity index (χ0v) is 75.3. The van der Waals surface area contributed by atoms with Gasteiger partial charge in [0.25, 0.3) is 17.7 Å². The van der Waals surface area contributed by atoms with E-state index in [4.69, 9.17) is 94.0 Å². The molecule has 3 saturated heterocycles. The molecule has 1 saturated carbocycles. The molecule has 1 aliphatic carbocycles. The summed E-state index contributed by atoms with van der Waals surface area (Å²) in [6, 6.07) is 39.4. The van der Waals surface area contributed by atoms with Gasteiger partial charge in [0.05, 0.1) is 85.5 Å². The van der Waals surface area contributed by atoms with Crippen molar-refractivity contribution in [1.82, 2.24) is 44.5 Å². The van der Waals surface area contributed by atoms with Gasteiger partial charge in [-0.05, 0) is 121 Å². The van der Waals surface area contributed by atoms with E-state index in [0.29, 0.717) is 163 Å². The molecule has 5 aromatic heterocycles. The molecule has 36 nitrogen and oxygen atoms in total. The zero-order chi connectivity index (χ0) is 95.2. The van der Waals surface area contributed by atoms with Gasteiger partial charge in [0, 0.05) is 162 Å². The molecule has 0 bridgehead atoms. The number of nitriles is 2. The number of primary amides is 3. The highest BCUT2D eigenvalue weighted by Gasteiger charge is 2.37. The number of carbonyl (C=O) groups excluding carboxylic acids is 7. The third-order valence-corrected chi connectivity index (χ3v) is 23.8. The molecule has 10 aromatic rings. The summed E-state index contributed by atoms with van der Waals surface area (Å²) in [5.41, 5.74) is 24.6. The number of likely N-dealkylation sites (tertiary alicyclic amines) is 1. The average molecular weight is 1850 g/mol. The highest BCUT2D eigenvalue weighted by molar-refractivity contribution is 5.98. The summed E-state index contributed by atoms with van der Waals surface area (Å²) in [5.74, 6) is 3.67. The molecule has 0 spiro atoms. The first kappa shape index (κ1) is 95.4. The van der Waals surface area contributed by atoms with Gasteiger partial charge >= 0.3 is 0 Å². The number of nitrogens with two attached hydrogens (primary N) is 3. The van der Waals surface area contributed by atoms with Crippen LogP contribution in [0.5, 0.6) is 63.2 Å². The SMILES string of the molecule is CC(=O)N1CCC(Oc2cncc(C3COc4c(cccc4C(N)=O)O3)c2)CC1.CN(C)C(=O)COCc1cncc(C2COc3c(C#N)cccc3O2)c1.N#Cc1cccc2c1OCC(c1cncc(CC(=O)N3CCOCC3)c1)O2.NC(=O)c1cccc2c1OCC(c1cncc(C3(O)CCCCC3)c1)O2.NC(=O)c1cccc2c1OCC(c1cncc(CC(=O)N3CCOCC3)c1)O2. The smallest absolute Gasteiger partial charge is 0.252 e. The maximum absolute atomic E-state index is 12.5. The Morgan fingerprint density at radius 1 is 0.449 bits per heavy atom. The topological polar surface area (TPSA) is 472 Å². The summed E-state index contributed by atoms with van der Waals surface area (Å²) in [4.78, 5) is 111. The lowest BCUT2D eigenvalue weighted by atomic mass is 9.80. The van der Waals surface area contributed by atoms with E-state index >= 15 is 0 Å². The second-order valence-electron chi connectivity index (χ2n) is 33.4. The number of morpholine rings is 2. The van der Waals surface area contributed by atoms with Crippen molar-refractivity contribution in [2.24, 2.45) is 17.2 Å². The summed E-state index contributed by atoms with van der Waals surface area (Å²) in [7, 11) is 3.37. The lowest BCUT2D eigenvalue weighted by Gasteiger charge is -2.33. The third kappa shape index (κ3) is 24.0. The first-order valence-electron chi connectivity index (χ1n) is 44.7. The molecule has 9 aliphatic rings. The number of aromatic nitrogens is 5. The maximum atomic E-state index is 12.5. The molecule has 136 heavy (non-hydrogen) atoms. The quantitative estimate of drug-likeness (QED) is 0.0584. The summed E-state index contributed by atoms with van der Waals surface area (Å²) in [6.07, 6.45) is 22.2. The van der Waals surface area contributed by atoms with Crippen molar-refractivity contribution < 1.29 is 105 Å². The van der Waals surface area contributed by atoms with Crippen LogP contribution in [-0.4, -0.2) is 217 Å². The molecular weight excluding hydrogens is 1750 g/mol. The van der Waals surface area contributed by atoms with Crippen LogP contribution < -0.4 is 69.3 Å². The van der Waals surface area contributed by atoms with Crippen LogP contribution in [0.15, 0.2) is 183 Å². The van der Waals surface area contributed by atoms with E-state index in [-0.39, 0.29) is 113 Å². The number of hydrogen-bond donors (Lipinski definition) is 4. The van der Waals surface area contributed by atoms with Gasteiger partial charge in [0.15, 0.2) is 88.0 Å². The van der Waals surface area contributed by atoms with E-state index in [1.807, 2.05) is 40.1 Å². The number of nitrogens with zero attached hydrogens (tertiary/aromatic N) is 11. The molecule has 706 valence electrons. The highest BCUT2D eigenvalue weighted by Crippen LogP contribution is 2.46. The normalized spacial score (nSPS) is 18.5. The Hall–Kier alpha value is -15.2. The Balaban J connectivity index is 0.000000129. The Morgan fingerprint density at radius 3 is 1.21 bits per heavy atom. The fraction of sp³-hybridized carbons (Fsp3) is 0.360. The molecule has 19 rings (SSSR count). The van der Waals surface area contributed by atoms with Gasteiger partial charge in [-0.3, -0.25) is 58.5 Å². The Kier molecular flexibility index (Phi) is 31.6. The van der Waals surface area contributed by atoms with E-state index < -0.39 is 23.3 Å². The number of fused-ring (bicyclic) bond motifs is 5. The number of ether oxygens (including phenoxy) is 14. The van der Waals surface area contributed by atoms with Gasteiger partial charge in [-0.15, -0.1) is 0 Å². The number of pyridine rings is 5. The van der Waals surface area contributed by atoms with Crippen molar-refractivity contribution in [2.75, 3.05) is 119 Å². The molecule has 13 heterocycles. The Labute approximate surface area is 784 Å². The van der Waals surface area contributed by atoms with Crippen LogP contribution in [-0.2, 0) is 58.4 Å². The van der Waals surface area contributed by atoms with Crippen molar-refractivity contribution in [2.45, 2.75) is 114 Å². The van der Waals surface area contributed by atoms with Gasteiger partial charge < -0.3 is 108 Å².